The highest BCUT2D eigenvalue weighted by molar-refractivity contribution is 6.21. The Morgan fingerprint density at radius 2 is 1.27 bits per heavy atom. The summed E-state index contributed by atoms with van der Waals surface area (Å²) in [6.07, 6.45) is 11.9. The molecule has 2 atom stereocenters. The van der Waals surface area contributed by atoms with Gasteiger partial charge in [-0.2, -0.15) is 4.91 Å². The van der Waals surface area contributed by atoms with E-state index >= 15 is 0 Å². The molecule has 2 unspecified atom stereocenters. The van der Waals surface area contributed by atoms with E-state index in [0.29, 0.717) is 0 Å². The molecule has 1 fully saturated rings. The van der Waals surface area contributed by atoms with Gasteiger partial charge >= 0.3 is 0 Å². The van der Waals surface area contributed by atoms with Crippen LogP contribution < -0.4 is 0 Å². The summed E-state index contributed by atoms with van der Waals surface area (Å²) in [5.74, 6) is 0. The molecule has 0 bridgehead atoms. The molecule has 0 N–H and O–H groups in total. The van der Waals surface area contributed by atoms with Crippen LogP contribution >= 0.6 is 11.6 Å². The Bertz CT molecular complexity index is 175. The number of hydrogen-bond donors (Lipinski definition) is 0. The van der Waals surface area contributed by atoms with Gasteiger partial charge in [0.25, 0.3) is 0 Å². The van der Waals surface area contributed by atoms with Gasteiger partial charge in [-0.15, -0.1) is 11.6 Å². The first-order chi connectivity index (χ1) is 7.34. The molecule has 0 heterocycles. The van der Waals surface area contributed by atoms with Crippen molar-refractivity contribution in [2.45, 2.75) is 75.6 Å². The van der Waals surface area contributed by atoms with Gasteiger partial charge in [-0.25, -0.2) is 0 Å². The summed E-state index contributed by atoms with van der Waals surface area (Å²) in [5, 5.41) is 3.15. The van der Waals surface area contributed by atoms with E-state index < -0.39 is 0 Å². The summed E-state index contributed by atoms with van der Waals surface area (Å²) >= 11 is 6.19. The van der Waals surface area contributed by atoms with Crippen molar-refractivity contribution in [2.24, 2.45) is 5.18 Å². The van der Waals surface area contributed by atoms with Crippen LogP contribution in [0.3, 0.4) is 0 Å². The van der Waals surface area contributed by atoms with E-state index in [0.717, 1.165) is 25.7 Å². The monoisotopic (exact) mass is 231 g/mol. The number of halogens is 1. The Morgan fingerprint density at radius 1 is 0.800 bits per heavy atom. The molecule has 15 heavy (non-hydrogen) atoms. The quantitative estimate of drug-likeness (QED) is 0.477. The molecule has 88 valence electrons. The first-order valence-corrected chi connectivity index (χ1v) is 6.75. The molecule has 0 aliphatic heterocycles. The molecular formula is C12H22ClNO. The second-order valence-electron chi connectivity index (χ2n) is 4.59. The molecule has 0 radical (unpaired) electrons. The summed E-state index contributed by atoms with van der Waals surface area (Å²) < 4.78 is 0. The molecule has 0 aromatic heterocycles. The summed E-state index contributed by atoms with van der Waals surface area (Å²) in [7, 11) is 0. The van der Waals surface area contributed by atoms with Crippen LogP contribution in [0.1, 0.15) is 64.2 Å². The van der Waals surface area contributed by atoms with Crippen LogP contribution in [-0.2, 0) is 0 Å². The van der Waals surface area contributed by atoms with Crippen molar-refractivity contribution in [2.75, 3.05) is 0 Å². The molecule has 0 spiro atoms. The lowest BCUT2D eigenvalue weighted by molar-refractivity contribution is 0.470. The normalized spacial score (nSPS) is 31.3. The number of nitroso groups, excluding NO2 is 1. The molecule has 0 aromatic rings. The zero-order valence-electron chi connectivity index (χ0n) is 9.46. The number of nitrogens with zero attached hydrogens (tertiary/aromatic N) is 1. The minimum atomic E-state index is -0.147. The second-order valence-corrected chi connectivity index (χ2v) is 5.16. The fourth-order valence-corrected chi connectivity index (χ4v) is 2.57. The molecular weight excluding hydrogens is 210 g/mol. The molecule has 0 saturated heterocycles. The third-order valence-electron chi connectivity index (χ3n) is 3.28. The SMILES string of the molecule is O=NC1CCCCCCCCCCC1Cl. The Labute approximate surface area is 97.7 Å². The number of rotatable bonds is 1. The fraction of sp³-hybridized carbons (Fsp3) is 1.00. The van der Waals surface area contributed by atoms with E-state index in [9.17, 15) is 4.91 Å². The first-order valence-electron chi connectivity index (χ1n) is 6.31. The van der Waals surface area contributed by atoms with Gasteiger partial charge in [0, 0.05) is 0 Å². The zero-order chi connectivity index (χ0) is 10.9. The highest BCUT2D eigenvalue weighted by Gasteiger charge is 2.19. The van der Waals surface area contributed by atoms with Crippen molar-refractivity contribution in [3.8, 4) is 0 Å². The smallest absolute Gasteiger partial charge is 0.108 e. The van der Waals surface area contributed by atoms with Crippen molar-refractivity contribution in [1.82, 2.24) is 0 Å². The third-order valence-corrected chi connectivity index (χ3v) is 3.79. The maximum Gasteiger partial charge on any atom is 0.108 e. The van der Waals surface area contributed by atoms with Gasteiger partial charge in [0.15, 0.2) is 0 Å². The summed E-state index contributed by atoms with van der Waals surface area (Å²) in [6, 6.07) is -0.147. The molecule has 1 saturated carbocycles. The first kappa shape index (κ1) is 13.0. The highest BCUT2D eigenvalue weighted by Crippen LogP contribution is 2.22. The van der Waals surface area contributed by atoms with Gasteiger partial charge < -0.3 is 0 Å². The molecule has 2 nitrogen and oxygen atoms in total. The van der Waals surface area contributed by atoms with Crippen LogP contribution in [0.25, 0.3) is 0 Å². The van der Waals surface area contributed by atoms with Gasteiger partial charge in [0.2, 0.25) is 0 Å². The Morgan fingerprint density at radius 3 is 1.80 bits per heavy atom. The van der Waals surface area contributed by atoms with Crippen molar-refractivity contribution in [3.05, 3.63) is 4.91 Å². The van der Waals surface area contributed by atoms with E-state index in [4.69, 9.17) is 11.6 Å². The van der Waals surface area contributed by atoms with Gasteiger partial charge in [-0.05, 0) is 12.8 Å². The maximum absolute atomic E-state index is 10.7. The minimum Gasteiger partial charge on any atom is -0.150 e. The van der Waals surface area contributed by atoms with Gasteiger partial charge in [-0.3, -0.25) is 0 Å². The van der Waals surface area contributed by atoms with Crippen LogP contribution in [0.15, 0.2) is 5.18 Å². The second kappa shape index (κ2) is 8.09. The largest absolute Gasteiger partial charge is 0.150 e. The van der Waals surface area contributed by atoms with Gasteiger partial charge in [0.05, 0.1) is 5.38 Å². The van der Waals surface area contributed by atoms with Crippen molar-refractivity contribution < 1.29 is 0 Å². The molecule has 1 aliphatic carbocycles. The zero-order valence-corrected chi connectivity index (χ0v) is 10.2. The topological polar surface area (TPSA) is 29.4 Å². The predicted molar refractivity (Wildman–Crippen MR) is 65.4 cm³/mol. The third kappa shape index (κ3) is 5.50. The molecule has 3 heteroatoms. The van der Waals surface area contributed by atoms with E-state index in [1.807, 2.05) is 0 Å². The lowest BCUT2D eigenvalue weighted by Gasteiger charge is -2.16. The predicted octanol–water partition coefficient (Wildman–Crippen LogP) is 4.64. The molecule has 1 rings (SSSR count). The van der Waals surface area contributed by atoms with Crippen LogP contribution in [-0.4, -0.2) is 11.4 Å². The van der Waals surface area contributed by atoms with Crippen molar-refractivity contribution in [1.29, 1.82) is 0 Å². The van der Waals surface area contributed by atoms with Crippen molar-refractivity contribution >= 4 is 11.6 Å². The lowest BCUT2D eigenvalue weighted by Crippen LogP contribution is -2.18. The Hall–Kier alpha value is -0.110. The van der Waals surface area contributed by atoms with Crippen LogP contribution in [0.4, 0.5) is 0 Å². The molecule has 0 amide bonds. The Balaban J connectivity index is 2.34. The van der Waals surface area contributed by atoms with E-state index in [1.54, 1.807) is 0 Å². The van der Waals surface area contributed by atoms with Crippen molar-refractivity contribution in [3.63, 3.8) is 0 Å². The highest BCUT2D eigenvalue weighted by atomic mass is 35.5. The van der Waals surface area contributed by atoms with Crippen LogP contribution in [0.2, 0.25) is 0 Å². The summed E-state index contributed by atoms with van der Waals surface area (Å²) in [6.45, 7) is 0. The lowest BCUT2D eigenvalue weighted by atomic mass is 9.98. The van der Waals surface area contributed by atoms with E-state index in [-0.39, 0.29) is 11.4 Å². The average Bonchev–Trinajstić information content (AvgIpc) is 2.23. The van der Waals surface area contributed by atoms with Crippen LogP contribution in [0, 0.1) is 4.91 Å². The molecule has 0 aromatic carbocycles. The van der Waals surface area contributed by atoms with Crippen LogP contribution in [0.5, 0.6) is 0 Å². The standard InChI is InChI=1S/C12H22ClNO/c13-11-9-7-5-3-1-2-4-6-8-10-12(11)14-15/h11-12H,1-10H2. The number of alkyl halides is 1. The van der Waals surface area contributed by atoms with Gasteiger partial charge in [0.1, 0.15) is 6.04 Å². The minimum absolute atomic E-state index is 0.0260. The average molecular weight is 232 g/mol. The number of hydrogen-bond acceptors (Lipinski definition) is 2. The maximum atomic E-state index is 10.7. The summed E-state index contributed by atoms with van der Waals surface area (Å²) in [5.41, 5.74) is 0. The fourth-order valence-electron chi connectivity index (χ4n) is 2.25. The van der Waals surface area contributed by atoms with E-state index in [1.165, 1.54) is 38.5 Å². The van der Waals surface area contributed by atoms with Gasteiger partial charge in [-0.1, -0.05) is 56.5 Å². The van der Waals surface area contributed by atoms with E-state index in [2.05, 4.69) is 5.18 Å². The molecule has 1 aliphatic rings. The Kier molecular flexibility index (Phi) is 6.99. The summed E-state index contributed by atoms with van der Waals surface area (Å²) in [4.78, 5) is 10.7.